The first-order valence-electron chi connectivity index (χ1n) is 9.08. The molecule has 2 fully saturated rings. The lowest BCUT2D eigenvalue weighted by Gasteiger charge is -2.33. The van der Waals surface area contributed by atoms with E-state index in [0.29, 0.717) is 5.02 Å². The van der Waals surface area contributed by atoms with E-state index in [9.17, 15) is 18.0 Å². The third-order valence-electron chi connectivity index (χ3n) is 5.07. The highest BCUT2D eigenvalue weighted by Gasteiger charge is 2.31. The zero-order chi connectivity index (χ0) is 19.4. The Morgan fingerprint density at radius 3 is 2.22 bits per heavy atom. The highest BCUT2D eigenvalue weighted by molar-refractivity contribution is 7.89. The smallest absolute Gasteiger partial charge is 0.309 e. The van der Waals surface area contributed by atoms with Crippen LogP contribution in [0.2, 0.25) is 5.02 Å². The van der Waals surface area contributed by atoms with Crippen LogP contribution in [0.5, 0.6) is 0 Å². The van der Waals surface area contributed by atoms with Crippen LogP contribution in [0.25, 0.3) is 0 Å². The van der Waals surface area contributed by atoms with Crippen molar-refractivity contribution >= 4 is 33.5 Å². The van der Waals surface area contributed by atoms with Gasteiger partial charge in [-0.25, -0.2) is 8.42 Å². The summed E-state index contributed by atoms with van der Waals surface area (Å²) in [5, 5.41) is 0.469. The minimum Gasteiger partial charge on any atom is -0.455 e. The molecule has 0 bridgehead atoms. The van der Waals surface area contributed by atoms with E-state index in [4.69, 9.17) is 16.3 Å². The maximum Gasteiger partial charge on any atom is 0.309 e. The van der Waals surface area contributed by atoms with E-state index in [1.165, 1.54) is 33.5 Å². The number of hydrogen-bond acceptors (Lipinski definition) is 5. The van der Waals surface area contributed by atoms with Gasteiger partial charge >= 0.3 is 5.97 Å². The Bertz CT molecular complexity index is 782. The number of benzene rings is 1. The third kappa shape index (κ3) is 4.80. The number of hydrogen-bond donors (Lipinski definition) is 0. The van der Waals surface area contributed by atoms with Gasteiger partial charge in [-0.1, -0.05) is 24.4 Å². The third-order valence-corrected chi connectivity index (χ3v) is 7.23. The lowest BCUT2D eigenvalue weighted by Crippen LogP contribution is -2.51. The largest absolute Gasteiger partial charge is 0.455 e. The average Bonchev–Trinajstić information content (AvgIpc) is 3.21. The number of sulfonamides is 1. The molecule has 0 aromatic heterocycles. The number of piperazine rings is 1. The normalized spacial score (nSPS) is 19.2. The molecule has 1 aliphatic carbocycles. The fourth-order valence-corrected chi connectivity index (χ4v) is 4.99. The van der Waals surface area contributed by atoms with Crippen molar-refractivity contribution in [3.63, 3.8) is 0 Å². The van der Waals surface area contributed by atoms with Crippen LogP contribution in [-0.4, -0.2) is 62.3 Å². The first-order valence-corrected chi connectivity index (χ1v) is 10.9. The molecule has 0 unspecified atom stereocenters. The Kier molecular flexibility index (Phi) is 6.39. The second-order valence-electron chi connectivity index (χ2n) is 6.83. The minimum absolute atomic E-state index is 0.0841. The Morgan fingerprint density at radius 1 is 1.04 bits per heavy atom. The van der Waals surface area contributed by atoms with Gasteiger partial charge in [-0.05, 0) is 37.1 Å². The van der Waals surface area contributed by atoms with Crippen molar-refractivity contribution in [3.8, 4) is 0 Å². The molecule has 9 heteroatoms. The molecule has 7 nitrogen and oxygen atoms in total. The first-order chi connectivity index (χ1) is 12.9. The van der Waals surface area contributed by atoms with Crippen LogP contribution in [0.15, 0.2) is 29.2 Å². The molecule has 1 aromatic carbocycles. The van der Waals surface area contributed by atoms with E-state index in [1.807, 2.05) is 0 Å². The number of amides is 1. The van der Waals surface area contributed by atoms with Gasteiger partial charge in [0.25, 0.3) is 5.91 Å². The van der Waals surface area contributed by atoms with Crippen LogP contribution in [0, 0.1) is 5.92 Å². The Hall–Kier alpha value is -1.64. The fraction of sp³-hybridized carbons (Fsp3) is 0.556. The predicted octanol–water partition coefficient (Wildman–Crippen LogP) is 1.91. The minimum atomic E-state index is -3.61. The van der Waals surface area contributed by atoms with Gasteiger partial charge in [-0.3, -0.25) is 9.59 Å². The molecule has 0 spiro atoms. The zero-order valence-electron chi connectivity index (χ0n) is 15.0. The zero-order valence-corrected chi connectivity index (χ0v) is 16.5. The van der Waals surface area contributed by atoms with Crippen LogP contribution >= 0.6 is 11.6 Å². The molecule has 1 saturated heterocycles. The molecule has 1 saturated carbocycles. The standard InChI is InChI=1S/C18H23ClN2O5S/c19-15-5-7-16(8-6-15)27(24,25)21-11-9-20(10-12-21)17(22)13-26-18(23)14-3-1-2-4-14/h5-8,14H,1-4,9-13H2. The summed E-state index contributed by atoms with van der Waals surface area (Å²) in [6, 6.07) is 6.01. The van der Waals surface area contributed by atoms with Crippen molar-refractivity contribution in [2.75, 3.05) is 32.8 Å². The molecule has 0 atom stereocenters. The predicted molar refractivity (Wildman–Crippen MR) is 99.7 cm³/mol. The number of rotatable bonds is 5. The molecular weight excluding hydrogens is 392 g/mol. The molecule has 2 aliphatic rings. The van der Waals surface area contributed by atoms with Gasteiger partial charge in [0.15, 0.2) is 6.61 Å². The molecule has 0 N–H and O–H groups in total. The first kappa shape index (κ1) is 20.1. The van der Waals surface area contributed by atoms with Crippen molar-refractivity contribution in [2.45, 2.75) is 30.6 Å². The lowest BCUT2D eigenvalue weighted by molar-refractivity contribution is -0.155. The number of carbonyl (C=O) groups excluding carboxylic acids is 2. The summed E-state index contributed by atoms with van der Waals surface area (Å²) < 4.78 is 31.8. The summed E-state index contributed by atoms with van der Waals surface area (Å²) in [7, 11) is -3.61. The molecule has 1 amide bonds. The fourth-order valence-electron chi connectivity index (χ4n) is 3.44. The van der Waals surface area contributed by atoms with Crippen molar-refractivity contribution < 1.29 is 22.7 Å². The van der Waals surface area contributed by atoms with Crippen molar-refractivity contribution in [2.24, 2.45) is 5.92 Å². The van der Waals surface area contributed by atoms with Crippen molar-refractivity contribution in [3.05, 3.63) is 29.3 Å². The van der Waals surface area contributed by atoms with E-state index in [0.717, 1.165) is 25.7 Å². The number of carbonyl (C=O) groups is 2. The summed E-state index contributed by atoms with van der Waals surface area (Å²) in [5.74, 6) is -0.672. The van der Waals surface area contributed by atoms with E-state index in [2.05, 4.69) is 0 Å². The molecule has 148 valence electrons. The van der Waals surface area contributed by atoms with Gasteiger partial charge in [-0.15, -0.1) is 0 Å². The highest BCUT2D eigenvalue weighted by atomic mass is 35.5. The lowest BCUT2D eigenvalue weighted by atomic mass is 10.1. The molecule has 1 aliphatic heterocycles. The van der Waals surface area contributed by atoms with Crippen LogP contribution < -0.4 is 0 Å². The topological polar surface area (TPSA) is 84.0 Å². The molecular formula is C18H23ClN2O5S. The van der Waals surface area contributed by atoms with Gasteiger partial charge in [0, 0.05) is 31.2 Å². The summed E-state index contributed by atoms with van der Waals surface area (Å²) in [6.07, 6.45) is 3.71. The maximum absolute atomic E-state index is 12.6. The average molecular weight is 415 g/mol. The van der Waals surface area contributed by atoms with Gasteiger partial charge < -0.3 is 9.64 Å². The van der Waals surface area contributed by atoms with Crippen molar-refractivity contribution in [1.29, 1.82) is 0 Å². The van der Waals surface area contributed by atoms with Crippen LogP contribution in [-0.2, 0) is 24.3 Å². The Morgan fingerprint density at radius 2 is 1.63 bits per heavy atom. The monoisotopic (exact) mass is 414 g/mol. The molecule has 1 heterocycles. The summed E-state index contributed by atoms with van der Waals surface area (Å²) in [4.78, 5) is 25.9. The number of esters is 1. The van der Waals surface area contributed by atoms with E-state index >= 15 is 0 Å². The SMILES string of the molecule is O=C(OCC(=O)N1CCN(S(=O)(=O)c2ccc(Cl)cc2)CC1)C1CCCC1. The van der Waals surface area contributed by atoms with Gasteiger partial charge in [0.05, 0.1) is 10.8 Å². The number of halogens is 1. The quantitative estimate of drug-likeness (QED) is 0.687. The van der Waals surface area contributed by atoms with Crippen molar-refractivity contribution in [1.82, 2.24) is 9.21 Å². The molecule has 27 heavy (non-hydrogen) atoms. The highest BCUT2D eigenvalue weighted by Crippen LogP contribution is 2.25. The summed E-state index contributed by atoms with van der Waals surface area (Å²) in [6.45, 7) is 0.666. The van der Waals surface area contributed by atoms with Crippen LogP contribution in [0.1, 0.15) is 25.7 Å². The van der Waals surface area contributed by atoms with Gasteiger partial charge in [0.2, 0.25) is 10.0 Å². The summed E-state index contributed by atoms with van der Waals surface area (Å²) in [5.41, 5.74) is 0. The van der Waals surface area contributed by atoms with E-state index in [1.54, 1.807) is 0 Å². The van der Waals surface area contributed by atoms with Crippen LogP contribution in [0.4, 0.5) is 0 Å². The van der Waals surface area contributed by atoms with Gasteiger partial charge in [0.1, 0.15) is 0 Å². The Labute approximate surface area is 164 Å². The number of nitrogens with zero attached hydrogens (tertiary/aromatic N) is 2. The second kappa shape index (κ2) is 8.58. The summed E-state index contributed by atoms with van der Waals surface area (Å²) >= 11 is 5.81. The molecule has 0 radical (unpaired) electrons. The molecule has 1 aromatic rings. The maximum atomic E-state index is 12.6. The number of ether oxygens (including phenoxy) is 1. The molecule has 3 rings (SSSR count). The van der Waals surface area contributed by atoms with E-state index < -0.39 is 10.0 Å². The van der Waals surface area contributed by atoms with Crippen LogP contribution in [0.3, 0.4) is 0 Å². The second-order valence-corrected chi connectivity index (χ2v) is 9.20. The van der Waals surface area contributed by atoms with Gasteiger partial charge in [-0.2, -0.15) is 4.31 Å². The van der Waals surface area contributed by atoms with E-state index in [-0.39, 0.29) is 55.5 Å². The Balaban J connectivity index is 1.49.